The normalized spacial score (nSPS) is 16.1. The Morgan fingerprint density at radius 1 is 1.16 bits per heavy atom. The van der Waals surface area contributed by atoms with E-state index in [4.69, 9.17) is 0 Å². The highest BCUT2D eigenvalue weighted by atomic mass is 32.2. The van der Waals surface area contributed by atoms with E-state index in [0.717, 1.165) is 40.7 Å². The van der Waals surface area contributed by atoms with Gasteiger partial charge in [0.25, 0.3) is 0 Å². The fourth-order valence-corrected chi connectivity index (χ4v) is 4.77. The molecule has 0 unspecified atom stereocenters. The number of carbonyl (C=O) groups excluding carboxylic acids is 1. The number of nitrogens with zero attached hydrogens (tertiary/aromatic N) is 2. The number of amides is 1. The summed E-state index contributed by atoms with van der Waals surface area (Å²) in [5.74, 6) is 0.450. The summed E-state index contributed by atoms with van der Waals surface area (Å²) in [5, 5.41) is 2.93. The lowest BCUT2D eigenvalue weighted by atomic mass is 9.98. The summed E-state index contributed by atoms with van der Waals surface area (Å²) in [5.41, 5.74) is 3.62. The summed E-state index contributed by atoms with van der Waals surface area (Å²) in [6.07, 6.45) is 3.55. The van der Waals surface area contributed by atoms with Gasteiger partial charge in [0.1, 0.15) is 6.54 Å². The number of nitrogens with one attached hydrogen (secondary N) is 1. The molecule has 1 saturated heterocycles. The first-order valence-electron chi connectivity index (χ1n) is 10.8. The first-order chi connectivity index (χ1) is 14.6. The van der Waals surface area contributed by atoms with E-state index < -0.39 is 10.0 Å². The Morgan fingerprint density at radius 3 is 2.39 bits per heavy atom. The minimum Gasteiger partial charge on any atom is -0.372 e. The van der Waals surface area contributed by atoms with E-state index in [9.17, 15) is 13.2 Å². The summed E-state index contributed by atoms with van der Waals surface area (Å²) >= 11 is 0. The van der Waals surface area contributed by atoms with Gasteiger partial charge in [0.15, 0.2) is 0 Å². The number of anilines is 2. The standard InChI is InChI=1S/C24H33N3O3S/c1-18-12-14-26(15-13-18)22-10-8-21(9-11-22)20(3)25-24(28)17-27(31(4,29)30)23-7-5-6-19(2)16-23/h5-11,16,18,20H,12-15,17H2,1-4H3,(H,25,28)/t20-/m1/s1. The SMILES string of the molecule is Cc1cccc(N(CC(=O)N[C@H](C)c2ccc(N3CCC(C)CC3)cc2)S(C)(=O)=O)c1. The summed E-state index contributed by atoms with van der Waals surface area (Å²) in [6.45, 7) is 8.00. The number of sulfonamides is 1. The molecule has 1 heterocycles. The van der Waals surface area contributed by atoms with Crippen molar-refractivity contribution in [2.75, 3.05) is 35.1 Å². The van der Waals surface area contributed by atoms with Crippen molar-refractivity contribution in [3.05, 3.63) is 59.7 Å². The molecule has 168 valence electrons. The average molecular weight is 444 g/mol. The molecular weight excluding hydrogens is 410 g/mol. The molecule has 0 saturated carbocycles. The van der Waals surface area contributed by atoms with Gasteiger partial charge in [-0.05, 0) is 68.0 Å². The molecule has 1 N–H and O–H groups in total. The van der Waals surface area contributed by atoms with Crippen molar-refractivity contribution in [1.82, 2.24) is 5.32 Å². The zero-order valence-electron chi connectivity index (χ0n) is 18.8. The molecule has 0 aliphatic carbocycles. The van der Waals surface area contributed by atoms with Crippen LogP contribution in [0.25, 0.3) is 0 Å². The fraction of sp³-hybridized carbons (Fsp3) is 0.458. The topological polar surface area (TPSA) is 69.7 Å². The van der Waals surface area contributed by atoms with Crippen molar-refractivity contribution >= 4 is 27.3 Å². The zero-order chi connectivity index (χ0) is 22.6. The minimum absolute atomic E-state index is 0.221. The number of aryl methyl sites for hydroxylation is 1. The first-order valence-corrected chi connectivity index (χ1v) is 12.7. The molecule has 1 atom stereocenters. The van der Waals surface area contributed by atoms with Crippen LogP contribution in [0, 0.1) is 12.8 Å². The number of rotatable bonds is 7. The van der Waals surface area contributed by atoms with Crippen LogP contribution in [0.2, 0.25) is 0 Å². The van der Waals surface area contributed by atoms with E-state index in [2.05, 4.69) is 29.3 Å². The van der Waals surface area contributed by atoms with E-state index in [1.165, 1.54) is 18.5 Å². The van der Waals surface area contributed by atoms with E-state index in [0.29, 0.717) is 5.69 Å². The molecule has 2 aromatic carbocycles. The molecule has 0 aromatic heterocycles. The molecular formula is C24H33N3O3S. The molecule has 0 spiro atoms. The summed E-state index contributed by atoms with van der Waals surface area (Å²) in [4.78, 5) is 15.1. The quantitative estimate of drug-likeness (QED) is 0.705. The molecule has 0 bridgehead atoms. The number of hydrogen-bond acceptors (Lipinski definition) is 4. The maximum atomic E-state index is 12.7. The highest BCUT2D eigenvalue weighted by Crippen LogP contribution is 2.25. The number of hydrogen-bond donors (Lipinski definition) is 1. The second-order valence-corrected chi connectivity index (χ2v) is 10.6. The Hall–Kier alpha value is -2.54. The monoisotopic (exact) mass is 443 g/mol. The highest BCUT2D eigenvalue weighted by Gasteiger charge is 2.22. The lowest BCUT2D eigenvalue weighted by molar-refractivity contribution is -0.120. The summed E-state index contributed by atoms with van der Waals surface area (Å²) in [7, 11) is -3.59. The van der Waals surface area contributed by atoms with Crippen molar-refractivity contribution in [2.24, 2.45) is 5.92 Å². The smallest absolute Gasteiger partial charge is 0.241 e. The Kier molecular flexibility index (Phi) is 7.26. The third-order valence-electron chi connectivity index (χ3n) is 5.90. The minimum atomic E-state index is -3.59. The van der Waals surface area contributed by atoms with E-state index in [-0.39, 0.29) is 18.5 Å². The first kappa shape index (κ1) is 23.1. The number of carbonyl (C=O) groups is 1. The molecule has 3 rings (SSSR count). The molecule has 6 nitrogen and oxygen atoms in total. The van der Waals surface area contributed by atoms with Crippen molar-refractivity contribution in [1.29, 1.82) is 0 Å². The molecule has 31 heavy (non-hydrogen) atoms. The van der Waals surface area contributed by atoms with E-state index in [1.807, 2.05) is 32.0 Å². The van der Waals surface area contributed by atoms with Crippen molar-refractivity contribution in [3.63, 3.8) is 0 Å². The zero-order valence-corrected chi connectivity index (χ0v) is 19.7. The van der Waals surface area contributed by atoms with Crippen LogP contribution in [0.3, 0.4) is 0 Å². The molecule has 0 radical (unpaired) electrons. The largest absolute Gasteiger partial charge is 0.372 e. The van der Waals surface area contributed by atoms with Crippen molar-refractivity contribution in [3.8, 4) is 0 Å². The van der Waals surface area contributed by atoms with Gasteiger partial charge < -0.3 is 10.2 Å². The summed E-state index contributed by atoms with van der Waals surface area (Å²) < 4.78 is 25.7. The van der Waals surface area contributed by atoms with Gasteiger partial charge >= 0.3 is 0 Å². The van der Waals surface area contributed by atoms with Gasteiger partial charge in [0.05, 0.1) is 18.0 Å². The maximum Gasteiger partial charge on any atom is 0.241 e. The number of piperidine rings is 1. The van der Waals surface area contributed by atoms with Crippen LogP contribution in [0.15, 0.2) is 48.5 Å². The maximum absolute atomic E-state index is 12.7. The van der Waals surface area contributed by atoms with Crippen LogP contribution in [0.4, 0.5) is 11.4 Å². The van der Waals surface area contributed by atoms with Crippen molar-refractivity contribution in [2.45, 2.75) is 39.7 Å². The van der Waals surface area contributed by atoms with Crippen LogP contribution in [0.5, 0.6) is 0 Å². The Labute approximate surface area is 186 Å². The Balaban J connectivity index is 1.64. The molecule has 7 heteroatoms. The predicted molar refractivity (Wildman–Crippen MR) is 127 cm³/mol. The highest BCUT2D eigenvalue weighted by molar-refractivity contribution is 7.92. The van der Waals surface area contributed by atoms with Crippen molar-refractivity contribution < 1.29 is 13.2 Å². The Bertz CT molecular complexity index is 997. The van der Waals surface area contributed by atoms with Crippen LogP contribution < -0.4 is 14.5 Å². The molecule has 1 aliphatic rings. The van der Waals surface area contributed by atoms with Gasteiger partial charge in [-0.2, -0.15) is 0 Å². The number of benzene rings is 2. The van der Waals surface area contributed by atoms with Gasteiger partial charge in [0, 0.05) is 18.8 Å². The van der Waals surface area contributed by atoms with Crippen LogP contribution in [-0.2, 0) is 14.8 Å². The third kappa shape index (κ3) is 6.23. The van der Waals surface area contributed by atoms with E-state index >= 15 is 0 Å². The lowest BCUT2D eigenvalue weighted by Crippen LogP contribution is -2.41. The van der Waals surface area contributed by atoms with Crippen LogP contribution in [0.1, 0.15) is 43.9 Å². The predicted octanol–water partition coefficient (Wildman–Crippen LogP) is 3.87. The van der Waals surface area contributed by atoms with Gasteiger partial charge in [-0.3, -0.25) is 9.10 Å². The molecule has 2 aromatic rings. The Morgan fingerprint density at radius 2 is 1.81 bits per heavy atom. The van der Waals surface area contributed by atoms with Gasteiger partial charge in [0.2, 0.25) is 15.9 Å². The van der Waals surface area contributed by atoms with Gasteiger partial charge in [-0.15, -0.1) is 0 Å². The molecule has 1 amide bonds. The third-order valence-corrected chi connectivity index (χ3v) is 7.04. The van der Waals surface area contributed by atoms with Crippen LogP contribution in [-0.4, -0.2) is 40.2 Å². The second kappa shape index (κ2) is 9.73. The van der Waals surface area contributed by atoms with Gasteiger partial charge in [-0.1, -0.05) is 31.2 Å². The molecule has 1 fully saturated rings. The average Bonchev–Trinajstić information content (AvgIpc) is 2.72. The second-order valence-electron chi connectivity index (χ2n) is 8.66. The lowest BCUT2D eigenvalue weighted by Gasteiger charge is -2.32. The molecule has 1 aliphatic heterocycles. The van der Waals surface area contributed by atoms with E-state index in [1.54, 1.807) is 18.2 Å². The van der Waals surface area contributed by atoms with Gasteiger partial charge in [-0.25, -0.2) is 8.42 Å². The summed E-state index contributed by atoms with van der Waals surface area (Å²) in [6, 6.07) is 15.2. The van der Waals surface area contributed by atoms with Crippen LogP contribution >= 0.6 is 0 Å². The fourth-order valence-electron chi connectivity index (χ4n) is 3.92.